The minimum absolute atomic E-state index is 0.0659. The molecule has 1 saturated heterocycles. The average molecular weight is 412 g/mol. The third-order valence-electron chi connectivity index (χ3n) is 5.70. The zero-order chi connectivity index (χ0) is 20.5. The summed E-state index contributed by atoms with van der Waals surface area (Å²) in [6.45, 7) is 1.96. The number of nitrogens with zero attached hydrogens (tertiary/aromatic N) is 1. The molecule has 1 aromatic rings. The Morgan fingerprint density at radius 2 is 1.50 bits per heavy atom. The van der Waals surface area contributed by atoms with Gasteiger partial charge in [-0.15, -0.1) is 0 Å². The van der Waals surface area contributed by atoms with Crippen molar-refractivity contribution in [2.75, 3.05) is 26.2 Å². The van der Waals surface area contributed by atoms with Crippen molar-refractivity contribution in [3.8, 4) is 0 Å². The van der Waals surface area contributed by atoms with Crippen LogP contribution in [0.1, 0.15) is 54.8 Å². The number of rotatable bonds is 3. The van der Waals surface area contributed by atoms with Gasteiger partial charge in [0.2, 0.25) is 0 Å². The van der Waals surface area contributed by atoms with E-state index in [1.54, 1.807) is 4.90 Å². The molecule has 9 heteroatoms. The van der Waals surface area contributed by atoms with Gasteiger partial charge in [-0.2, -0.15) is 26.3 Å². The van der Waals surface area contributed by atoms with Crippen LogP contribution in [0, 0.1) is 11.7 Å². The van der Waals surface area contributed by atoms with Gasteiger partial charge >= 0.3 is 12.4 Å². The van der Waals surface area contributed by atoms with Crippen LogP contribution in [0.5, 0.6) is 0 Å². The van der Waals surface area contributed by atoms with E-state index in [1.807, 2.05) is 0 Å². The third-order valence-corrected chi connectivity index (χ3v) is 5.70. The van der Waals surface area contributed by atoms with Gasteiger partial charge < -0.3 is 5.32 Å². The van der Waals surface area contributed by atoms with Gasteiger partial charge in [0, 0.05) is 37.8 Å². The third kappa shape index (κ3) is 4.62. The minimum Gasteiger partial charge on any atom is -0.314 e. The molecule has 1 aliphatic carbocycles. The van der Waals surface area contributed by atoms with E-state index in [0.29, 0.717) is 39.0 Å². The van der Waals surface area contributed by atoms with Crippen molar-refractivity contribution in [1.29, 1.82) is 0 Å². The first-order valence-corrected chi connectivity index (χ1v) is 9.51. The molecule has 1 saturated carbocycles. The Labute approximate surface area is 159 Å². The van der Waals surface area contributed by atoms with E-state index in [2.05, 4.69) is 5.32 Å². The van der Waals surface area contributed by atoms with Crippen molar-refractivity contribution in [1.82, 2.24) is 10.2 Å². The molecule has 28 heavy (non-hydrogen) atoms. The highest BCUT2D eigenvalue weighted by atomic mass is 19.4. The van der Waals surface area contributed by atoms with Crippen LogP contribution < -0.4 is 5.32 Å². The van der Waals surface area contributed by atoms with Crippen LogP contribution in [0.2, 0.25) is 0 Å². The highest BCUT2D eigenvalue weighted by molar-refractivity contribution is 5.39. The Kier molecular flexibility index (Phi) is 6.24. The maximum absolute atomic E-state index is 14.9. The second-order valence-electron chi connectivity index (χ2n) is 7.54. The molecule has 0 aromatic heterocycles. The number of piperazine rings is 1. The van der Waals surface area contributed by atoms with Gasteiger partial charge in [0.15, 0.2) is 0 Å². The molecular formula is C19H23F7N2. The van der Waals surface area contributed by atoms with Crippen LogP contribution >= 0.6 is 0 Å². The molecule has 1 heterocycles. The van der Waals surface area contributed by atoms with Crippen molar-refractivity contribution >= 4 is 0 Å². The molecule has 0 radical (unpaired) electrons. The quantitative estimate of drug-likeness (QED) is 0.670. The van der Waals surface area contributed by atoms with Gasteiger partial charge in [0.1, 0.15) is 5.82 Å². The topological polar surface area (TPSA) is 15.3 Å². The second-order valence-corrected chi connectivity index (χ2v) is 7.54. The number of alkyl halides is 6. The maximum atomic E-state index is 14.9. The molecule has 1 aromatic carbocycles. The van der Waals surface area contributed by atoms with E-state index in [1.165, 1.54) is 0 Å². The van der Waals surface area contributed by atoms with E-state index < -0.39 is 40.9 Å². The number of nitrogens with one attached hydrogen (secondary N) is 1. The SMILES string of the molecule is Fc1cc(C(F)(F)F)cc(C(F)(F)F)c1[C@H](C1CCCCC1)N1CCNCC1. The summed E-state index contributed by atoms with van der Waals surface area (Å²) in [6, 6.07) is -0.597. The van der Waals surface area contributed by atoms with Gasteiger partial charge in [-0.05, 0) is 30.9 Å². The van der Waals surface area contributed by atoms with Crippen LogP contribution in [-0.2, 0) is 12.4 Å². The molecule has 1 aliphatic heterocycles. The van der Waals surface area contributed by atoms with E-state index in [9.17, 15) is 30.7 Å². The van der Waals surface area contributed by atoms with Crippen LogP contribution in [0.3, 0.4) is 0 Å². The highest BCUT2D eigenvalue weighted by Crippen LogP contribution is 2.46. The molecule has 2 fully saturated rings. The Morgan fingerprint density at radius 3 is 2.04 bits per heavy atom. The summed E-state index contributed by atoms with van der Waals surface area (Å²) in [7, 11) is 0. The van der Waals surface area contributed by atoms with Crippen LogP contribution in [0.15, 0.2) is 12.1 Å². The number of benzene rings is 1. The largest absolute Gasteiger partial charge is 0.416 e. The molecule has 2 aliphatic rings. The fourth-order valence-electron chi connectivity index (χ4n) is 4.44. The fourth-order valence-corrected chi connectivity index (χ4v) is 4.44. The number of hydrogen-bond donors (Lipinski definition) is 1. The summed E-state index contributed by atoms with van der Waals surface area (Å²) in [4.78, 5) is 1.80. The van der Waals surface area contributed by atoms with Gasteiger partial charge in [0.05, 0.1) is 11.1 Å². The lowest BCUT2D eigenvalue weighted by atomic mass is 9.78. The molecule has 1 N–H and O–H groups in total. The summed E-state index contributed by atoms with van der Waals surface area (Å²) >= 11 is 0. The van der Waals surface area contributed by atoms with Crippen LogP contribution in [0.4, 0.5) is 30.7 Å². The van der Waals surface area contributed by atoms with Crippen molar-refractivity contribution in [2.45, 2.75) is 50.5 Å². The van der Waals surface area contributed by atoms with Crippen molar-refractivity contribution in [2.24, 2.45) is 5.92 Å². The Morgan fingerprint density at radius 1 is 0.893 bits per heavy atom. The normalized spacial score (nSPS) is 21.7. The molecule has 0 bridgehead atoms. The molecule has 158 valence electrons. The van der Waals surface area contributed by atoms with E-state index in [4.69, 9.17) is 0 Å². The molecule has 3 rings (SSSR count). The molecular weight excluding hydrogens is 389 g/mol. The minimum atomic E-state index is -5.07. The second kappa shape index (κ2) is 8.18. The van der Waals surface area contributed by atoms with Gasteiger partial charge in [-0.1, -0.05) is 19.3 Å². The Bertz CT molecular complexity index is 654. The van der Waals surface area contributed by atoms with E-state index in [-0.39, 0.29) is 18.1 Å². The van der Waals surface area contributed by atoms with Gasteiger partial charge in [-0.25, -0.2) is 4.39 Å². The lowest BCUT2D eigenvalue weighted by Crippen LogP contribution is -2.47. The van der Waals surface area contributed by atoms with E-state index >= 15 is 0 Å². The lowest BCUT2D eigenvalue weighted by Gasteiger charge is -2.42. The Hall–Kier alpha value is -1.35. The summed E-state index contributed by atoms with van der Waals surface area (Å²) in [6.07, 6.45) is -6.20. The summed E-state index contributed by atoms with van der Waals surface area (Å²) in [5.74, 6) is -1.63. The highest BCUT2D eigenvalue weighted by Gasteiger charge is 2.44. The molecule has 1 atom stereocenters. The van der Waals surface area contributed by atoms with E-state index in [0.717, 1.165) is 19.3 Å². The smallest absolute Gasteiger partial charge is 0.314 e. The van der Waals surface area contributed by atoms with Crippen LogP contribution in [0.25, 0.3) is 0 Å². The average Bonchev–Trinajstić information content (AvgIpc) is 2.63. The standard InChI is InChI=1S/C19H23F7N2/c20-15-11-13(18(21,22)23)10-14(19(24,25)26)16(15)17(12-4-2-1-3-5-12)28-8-6-27-7-9-28/h10-12,17,27H,1-9H2/t17-/m0/s1. The Balaban J connectivity index is 2.14. The predicted molar refractivity (Wildman–Crippen MR) is 90.2 cm³/mol. The first-order chi connectivity index (χ1) is 13.1. The monoisotopic (exact) mass is 412 g/mol. The summed E-state index contributed by atoms with van der Waals surface area (Å²) < 4.78 is 95.1. The van der Waals surface area contributed by atoms with Crippen molar-refractivity contribution in [3.63, 3.8) is 0 Å². The summed E-state index contributed by atoms with van der Waals surface area (Å²) in [5.41, 5.74) is -3.74. The fraction of sp³-hybridized carbons (Fsp3) is 0.684. The summed E-state index contributed by atoms with van der Waals surface area (Å²) in [5, 5.41) is 3.11. The van der Waals surface area contributed by atoms with Gasteiger partial charge in [-0.3, -0.25) is 4.90 Å². The molecule has 0 unspecified atom stereocenters. The zero-order valence-corrected chi connectivity index (χ0v) is 15.3. The molecule has 2 nitrogen and oxygen atoms in total. The first-order valence-electron chi connectivity index (χ1n) is 9.51. The van der Waals surface area contributed by atoms with Crippen LogP contribution in [-0.4, -0.2) is 31.1 Å². The van der Waals surface area contributed by atoms with Crippen molar-refractivity contribution in [3.05, 3.63) is 34.6 Å². The lowest BCUT2D eigenvalue weighted by molar-refractivity contribution is -0.144. The number of halogens is 7. The predicted octanol–water partition coefficient (Wildman–Crippen LogP) is 5.39. The maximum Gasteiger partial charge on any atom is 0.416 e. The number of hydrogen-bond acceptors (Lipinski definition) is 2. The van der Waals surface area contributed by atoms with Gasteiger partial charge in [0.25, 0.3) is 0 Å². The first kappa shape index (κ1) is 21.4. The van der Waals surface area contributed by atoms with Crippen molar-refractivity contribution < 1.29 is 30.7 Å². The molecule has 0 spiro atoms. The zero-order valence-electron chi connectivity index (χ0n) is 15.3. The molecule has 0 amide bonds.